The zero-order chi connectivity index (χ0) is 18.6. The first-order chi connectivity index (χ1) is 13.2. The van der Waals surface area contributed by atoms with Gasteiger partial charge in [0.15, 0.2) is 0 Å². The summed E-state index contributed by atoms with van der Waals surface area (Å²) in [6.07, 6.45) is 3.36. The number of rotatable bonds is 4. The number of aromatic nitrogens is 1. The van der Waals surface area contributed by atoms with Gasteiger partial charge in [-0.05, 0) is 66.0 Å². The highest BCUT2D eigenvalue weighted by Crippen LogP contribution is 2.29. The molecule has 27 heavy (non-hydrogen) atoms. The van der Waals surface area contributed by atoms with Gasteiger partial charge in [-0.3, -0.25) is 9.78 Å². The number of ether oxygens (including phenoxy) is 1. The Labute approximate surface area is 161 Å². The van der Waals surface area contributed by atoms with Gasteiger partial charge in [0.05, 0.1) is 0 Å². The summed E-state index contributed by atoms with van der Waals surface area (Å²) in [7, 11) is 0. The van der Waals surface area contributed by atoms with Gasteiger partial charge >= 0.3 is 0 Å². The van der Waals surface area contributed by atoms with Crippen LogP contribution >= 0.6 is 11.6 Å². The topological polar surface area (TPSA) is 51.2 Å². The Morgan fingerprint density at radius 1 is 0.889 bits per heavy atom. The van der Waals surface area contributed by atoms with E-state index in [-0.39, 0.29) is 5.91 Å². The number of benzene rings is 3. The van der Waals surface area contributed by atoms with Crippen LogP contribution in [0.1, 0.15) is 10.4 Å². The standard InChI is InChI=1S/C22H15ClN2O2/c23-17-6-4-15(5-7-17)22(26)25-21-3-1-2-16-14-19(8-9-20(16)21)27-18-10-12-24-13-11-18/h1-14H,(H,25,26). The molecule has 0 saturated carbocycles. The normalized spacial score (nSPS) is 10.6. The molecule has 1 N–H and O–H groups in total. The first-order valence-electron chi connectivity index (χ1n) is 8.37. The molecule has 0 aliphatic rings. The molecule has 4 aromatic rings. The summed E-state index contributed by atoms with van der Waals surface area (Å²) in [6.45, 7) is 0. The second-order valence-corrected chi connectivity index (χ2v) is 6.37. The van der Waals surface area contributed by atoms with Crippen LogP contribution in [0, 0.1) is 0 Å². The highest BCUT2D eigenvalue weighted by Gasteiger charge is 2.09. The Morgan fingerprint density at radius 2 is 1.67 bits per heavy atom. The molecular formula is C22H15ClN2O2. The van der Waals surface area contributed by atoms with Crippen LogP contribution in [-0.2, 0) is 0 Å². The van der Waals surface area contributed by atoms with Gasteiger partial charge in [0.2, 0.25) is 0 Å². The Kier molecular flexibility index (Phi) is 4.73. The maximum absolute atomic E-state index is 12.5. The molecule has 1 amide bonds. The molecule has 1 aromatic heterocycles. The third kappa shape index (κ3) is 3.91. The lowest BCUT2D eigenvalue weighted by Crippen LogP contribution is -2.11. The fourth-order valence-electron chi connectivity index (χ4n) is 2.77. The van der Waals surface area contributed by atoms with Crippen molar-refractivity contribution in [1.29, 1.82) is 0 Å². The average Bonchev–Trinajstić information content (AvgIpc) is 2.69. The molecule has 5 heteroatoms. The minimum atomic E-state index is -0.184. The number of carbonyl (C=O) groups excluding carboxylic acids is 1. The Balaban J connectivity index is 1.60. The quantitative estimate of drug-likeness (QED) is 0.481. The van der Waals surface area contributed by atoms with Crippen LogP contribution < -0.4 is 10.1 Å². The lowest BCUT2D eigenvalue weighted by Gasteiger charge is -2.11. The van der Waals surface area contributed by atoms with Gasteiger partial charge in [0.25, 0.3) is 5.91 Å². The van der Waals surface area contributed by atoms with Crippen molar-refractivity contribution in [2.24, 2.45) is 0 Å². The predicted octanol–water partition coefficient (Wildman–Crippen LogP) is 5.93. The molecule has 0 bridgehead atoms. The monoisotopic (exact) mass is 374 g/mol. The number of hydrogen-bond donors (Lipinski definition) is 1. The largest absolute Gasteiger partial charge is 0.457 e. The molecule has 0 unspecified atom stereocenters. The number of hydrogen-bond acceptors (Lipinski definition) is 3. The van der Waals surface area contributed by atoms with Crippen LogP contribution in [0.3, 0.4) is 0 Å². The summed E-state index contributed by atoms with van der Waals surface area (Å²) < 4.78 is 5.85. The molecule has 0 aliphatic heterocycles. The second-order valence-electron chi connectivity index (χ2n) is 5.93. The van der Waals surface area contributed by atoms with Gasteiger partial charge in [-0.25, -0.2) is 0 Å². The minimum Gasteiger partial charge on any atom is -0.457 e. The van der Waals surface area contributed by atoms with Gasteiger partial charge in [0.1, 0.15) is 11.5 Å². The van der Waals surface area contributed by atoms with E-state index < -0.39 is 0 Å². The summed E-state index contributed by atoms with van der Waals surface area (Å²) in [6, 6.07) is 21.9. The van der Waals surface area contributed by atoms with E-state index in [9.17, 15) is 4.79 Å². The summed E-state index contributed by atoms with van der Waals surface area (Å²) in [5.74, 6) is 1.25. The van der Waals surface area contributed by atoms with E-state index in [1.165, 1.54) is 0 Å². The van der Waals surface area contributed by atoms with Crippen molar-refractivity contribution in [3.8, 4) is 11.5 Å². The molecule has 4 rings (SSSR count). The molecule has 0 spiro atoms. The third-order valence-electron chi connectivity index (χ3n) is 4.09. The SMILES string of the molecule is O=C(Nc1cccc2cc(Oc3ccncc3)ccc12)c1ccc(Cl)cc1. The van der Waals surface area contributed by atoms with Gasteiger partial charge < -0.3 is 10.1 Å². The first kappa shape index (κ1) is 17.1. The zero-order valence-electron chi connectivity index (χ0n) is 14.2. The van der Waals surface area contributed by atoms with Crippen molar-refractivity contribution in [2.75, 3.05) is 5.32 Å². The number of fused-ring (bicyclic) bond motifs is 1. The summed E-state index contributed by atoms with van der Waals surface area (Å²) in [5, 5.41) is 5.45. The fourth-order valence-corrected chi connectivity index (χ4v) is 2.90. The number of carbonyl (C=O) groups is 1. The molecule has 0 atom stereocenters. The van der Waals surface area contributed by atoms with Gasteiger partial charge in [-0.1, -0.05) is 23.7 Å². The van der Waals surface area contributed by atoms with Crippen molar-refractivity contribution >= 4 is 34.0 Å². The Morgan fingerprint density at radius 3 is 2.44 bits per heavy atom. The Bertz CT molecular complexity index is 1100. The van der Waals surface area contributed by atoms with Crippen LogP contribution in [0.4, 0.5) is 5.69 Å². The molecular weight excluding hydrogens is 360 g/mol. The summed E-state index contributed by atoms with van der Waals surface area (Å²) in [4.78, 5) is 16.5. The van der Waals surface area contributed by atoms with Crippen molar-refractivity contribution in [2.45, 2.75) is 0 Å². The van der Waals surface area contributed by atoms with Crippen LogP contribution in [0.2, 0.25) is 5.02 Å². The number of halogens is 1. The van der Waals surface area contributed by atoms with Crippen LogP contribution in [0.25, 0.3) is 10.8 Å². The maximum atomic E-state index is 12.5. The van der Waals surface area contributed by atoms with E-state index in [4.69, 9.17) is 16.3 Å². The van der Waals surface area contributed by atoms with E-state index in [2.05, 4.69) is 10.3 Å². The van der Waals surface area contributed by atoms with Gasteiger partial charge in [-0.15, -0.1) is 0 Å². The number of amides is 1. The summed E-state index contributed by atoms with van der Waals surface area (Å²) >= 11 is 5.88. The van der Waals surface area contributed by atoms with Gasteiger partial charge in [0, 0.05) is 34.1 Å². The van der Waals surface area contributed by atoms with E-state index in [1.54, 1.807) is 48.8 Å². The maximum Gasteiger partial charge on any atom is 0.255 e. The zero-order valence-corrected chi connectivity index (χ0v) is 15.0. The lowest BCUT2D eigenvalue weighted by molar-refractivity contribution is 0.102. The van der Waals surface area contributed by atoms with Crippen molar-refractivity contribution in [3.05, 3.63) is 95.8 Å². The van der Waals surface area contributed by atoms with Crippen molar-refractivity contribution < 1.29 is 9.53 Å². The molecule has 1 heterocycles. The average molecular weight is 375 g/mol. The molecule has 0 saturated heterocycles. The predicted molar refractivity (Wildman–Crippen MR) is 108 cm³/mol. The number of anilines is 1. The van der Waals surface area contributed by atoms with Crippen molar-refractivity contribution in [1.82, 2.24) is 4.98 Å². The lowest BCUT2D eigenvalue weighted by atomic mass is 10.1. The number of nitrogens with zero attached hydrogens (tertiary/aromatic N) is 1. The van der Waals surface area contributed by atoms with Crippen LogP contribution in [-0.4, -0.2) is 10.9 Å². The highest BCUT2D eigenvalue weighted by molar-refractivity contribution is 6.30. The minimum absolute atomic E-state index is 0.184. The number of nitrogens with one attached hydrogen (secondary N) is 1. The van der Waals surface area contributed by atoms with E-state index >= 15 is 0 Å². The first-order valence-corrected chi connectivity index (χ1v) is 8.74. The van der Waals surface area contributed by atoms with Crippen LogP contribution in [0.15, 0.2) is 85.2 Å². The molecule has 4 nitrogen and oxygen atoms in total. The molecule has 3 aromatic carbocycles. The second kappa shape index (κ2) is 7.48. The van der Waals surface area contributed by atoms with E-state index in [1.807, 2.05) is 36.4 Å². The summed E-state index contributed by atoms with van der Waals surface area (Å²) in [5.41, 5.74) is 1.29. The molecule has 0 radical (unpaired) electrons. The fraction of sp³-hybridized carbons (Fsp3) is 0. The molecule has 0 aliphatic carbocycles. The highest BCUT2D eigenvalue weighted by atomic mass is 35.5. The van der Waals surface area contributed by atoms with E-state index in [0.29, 0.717) is 10.6 Å². The third-order valence-corrected chi connectivity index (χ3v) is 4.34. The molecule has 0 fully saturated rings. The smallest absolute Gasteiger partial charge is 0.255 e. The van der Waals surface area contributed by atoms with Gasteiger partial charge in [-0.2, -0.15) is 0 Å². The number of pyridine rings is 1. The van der Waals surface area contributed by atoms with E-state index in [0.717, 1.165) is 28.0 Å². The molecule has 132 valence electrons. The van der Waals surface area contributed by atoms with Crippen LogP contribution in [0.5, 0.6) is 11.5 Å². The van der Waals surface area contributed by atoms with Crippen molar-refractivity contribution in [3.63, 3.8) is 0 Å². The Hall–Kier alpha value is -3.37.